The van der Waals surface area contributed by atoms with E-state index >= 15 is 0 Å². The Morgan fingerprint density at radius 3 is 2.92 bits per heavy atom. The number of aryl methyl sites for hydroxylation is 1. The molecule has 2 aromatic rings. The van der Waals surface area contributed by atoms with E-state index < -0.39 is 0 Å². The molecule has 2 N–H and O–H groups in total. The van der Waals surface area contributed by atoms with Crippen LogP contribution in [0.15, 0.2) is 23.1 Å². The van der Waals surface area contributed by atoms with E-state index in [0.717, 1.165) is 5.69 Å². The third-order valence-electron chi connectivity index (χ3n) is 1.41. The van der Waals surface area contributed by atoms with Gasteiger partial charge >= 0.3 is 6.01 Å². The van der Waals surface area contributed by atoms with Gasteiger partial charge in [-0.1, -0.05) is 0 Å². The highest BCUT2D eigenvalue weighted by Crippen LogP contribution is 2.07. The molecule has 5 heteroatoms. The number of hydrogen-bond donors (Lipinski definition) is 1. The van der Waals surface area contributed by atoms with E-state index in [0.29, 0.717) is 11.7 Å². The van der Waals surface area contributed by atoms with Crippen molar-refractivity contribution in [2.75, 3.05) is 5.73 Å². The first kappa shape index (κ1) is 6.90. The van der Waals surface area contributed by atoms with Crippen molar-refractivity contribution in [2.24, 2.45) is 0 Å². The van der Waals surface area contributed by atoms with Crippen LogP contribution in [-0.2, 0) is 0 Å². The summed E-state index contributed by atoms with van der Waals surface area (Å²) in [6.07, 6.45) is 4.75. The number of anilines is 1. The van der Waals surface area contributed by atoms with Gasteiger partial charge in [-0.25, -0.2) is 0 Å². The molecule has 0 spiro atoms. The second-order valence-corrected chi connectivity index (χ2v) is 2.49. The van der Waals surface area contributed by atoms with E-state index in [9.17, 15) is 0 Å². The highest BCUT2D eigenvalue weighted by atomic mass is 16.4. The molecule has 0 aliphatic heterocycles. The fourth-order valence-corrected chi connectivity index (χ4v) is 0.888. The van der Waals surface area contributed by atoms with Gasteiger partial charge in [-0.15, -0.1) is 0 Å². The number of nitrogens with zero attached hydrogens (tertiary/aromatic N) is 3. The molecule has 62 valence electrons. The van der Waals surface area contributed by atoms with Crippen LogP contribution in [0, 0.1) is 6.92 Å². The predicted octanol–water partition coefficient (Wildman–Crippen LogP) is 0.751. The Hall–Kier alpha value is -1.78. The van der Waals surface area contributed by atoms with Crippen LogP contribution in [0.3, 0.4) is 0 Å². The molecule has 0 saturated carbocycles. The monoisotopic (exact) mass is 164 g/mol. The number of nitrogens with two attached hydrogens (primary N) is 1. The summed E-state index contributed by atoms with van der Waals surface area (Å²) in [5, 5.41) is 3.93. The van der Waals surface area contributed by atoms with Gasteiger partial charge in [-0.2, -0.15) is 14.8 Å². The maximum Gasteiger partial charge on any atom is 0.322 e. The molecule has 0 unspecified atom stereocenters. The maximum absolute atomic E-state index is 5.47. The van der Waals surface area contributed by atoms with Gasteiger partial charge in [0, 0.05) is 0 Å². The Labute approximate surface area is 68.8 Å². The van der Waals surface area contributed by atoms with Crippen LogP contribution in [0.1, 0.15) is 5.69 Å². The zero-order valence-corrected chi connectivity index (χ0v) is 6.56. The van der Waals surface area contributed by atoms with Gasteiger partial charge in [-0.05, 0) is 6.92 Å². The molecular formula is C7H8N4O. The minimum atomic E-state index is 0.434. The normalized spacial score (nSPS) is 10.4. The lowest BCUT2D eigenvalue weighted by atomic mass is 10.6. The molecule has 0 atom stereocenters. The molecule has 0 bridgehead atoms. The topological polar surface area (TPSA) is 69.9 Å². The third-order valence-corrected chi connectivity index (χ3v) is 1.41. The highest BCUT2D eigenvalue weighted by Gasteiger charge is 2.03. The molecule has 2 aromatic heterocycles. The molecule has 2 heterocycles. The summed E-state index contributed by atoms with van der Waals surface area (Å²) in [4.78, 5) is 4.07. The largest absolute Gasteiger partial charge is 0.430 e. The van der Waals surface area contributed by atoms with Gasteiger partial charge in [0.1, 0.15) is 6.26 Å². The lowest BCUT2D eigenvalue weighted by molar-refractivity contribution is 0.509. The number of rotatable bonds is 1. The minimum absolute atomic E-state index is 0.434. The van der Waals surface area contributed by atoms with Crippen LogP contribution in [0.4, 0.5) is 5.69 Å². The minimum Gasteiger partial charge on any atom is -0.430 e. The number of hydrogen-bond acceptors (Lipinski definition) is 4. The average Bonchev–Trinajstić information content (AvgIpc) is 2.58. The summed E-state index contributed by atoms with van der Waals surface area (Å²) >= 11 is 0. The Morgan fingerprint density at radius 1 is 1.58 bits per heavy atom. The molecule has 12 heavy (non-hydrogen) atoms. The summed E-state index contributed by atoms with van der Waals surface area (Å²) in [6.45, 7) is 1.85. The number of oxazole rings is 1. The fraction of sp³-hybridized carbons (Fsp3) is 0.143. The first-order valence-electron chi connectivity index (χ1n) is 3.48. The van der Waals surface area contributed by atoms with E-state index in [1.165, 1.54) is 4.68 Å². The van der Waals surface area contributed by atoms with Crippen LogP contribution in [-0.4, -0.2) is 14.8 Å². The quantitative estimate of drug-likeness (QED) is 0.675. The Morgan fingerprint density at radius 2 is 2.42 bits per heavy atom. The van der Waals surface area contributed by atoms with Crippen molar-refractivity contribution >= 4 is 5.69 Å². The fourth-order valence-electron chi connectivity index (χ4n) is 0.888. The zero-order chi connectivity index (χ0) is 8.55. The first-order chi connectivity index (χ1) is 5.75. The van der Waals surface area contributed by atoms with E-state index in [-0.39, 0.29) is 0 Å². The van der Waals surface area contributed by atoms with E-state index in [4.69, 9.17) is 10.2 Å². The summed E-state index contributed by atoms with van der Waals surface area (Å²) in [5.41, 5.74) is 6.88. The van der Waals surface area contributed by atoms with Crippen molar-refractivity contribution in [3.63, 3.8) is 0 Å². The van der Waals surface area contributed by atoms with Gasteiger partial charge in [0.05, 0.1) is 23.8 Å². The van der Waals surface area contributed by atoms with Crippen LogP contribution in [0.5, 0.6) is 0 Å². The lowest BCUT2D eigenvalue weighted by Crippen LogP contribution is -1.93. The molecule has 0 aliphatic carbocycles. The van der Waals surface area contributed by atoms with Crippen molar-refractivity contribution in [3.8, 4) is 6.01 Å². The van der Waals surface area contributed by atoms with Crippen LogP contribution in [0.2, 0.25) is 0 Å². The molecular weight excluding hydrogens is 156 g/mol. The predicted molar refractivity (Wildman–Crippen MR) is 42.8 cm³/mol. The van der Waals surface area contributed by atoms with Crippen LogP contribution >= 0.6 is 0 Å². The molecule has 5 nitrogen and oxygen atoms in total. The second kappa shape index (κ2) is 2.37. The first-order valence-corrected chi connectivity index (χ1v) is 3.48. The molecule has 0 aliphatic rings. The van der Waals surface area contributed by atoms with E-state index in [2.05, 4.69) is 10.1 Å². The van der Waals surface area contributed by atoms with Crippen molar-refractivity contribution in [3.05, 3.63) is 24.4 Å². The maximum atomic E-state index is 5.47. The van der Waals surface area contributed by atoms with Crippen molar-refractivity contribution in [1.82, 2.24) is 14.8 Å². The van der Waals surface area contributed by atoms with Gasteiger partial charge in [0.15, 0.2) is 0 Å². The molecule has 0 radical (unpaired) electrons. The molecule has 2 rings (SSSR count). The zero-order valence-electron chi connectivity index (χ0n) is 6.56. The molecule has 0 fully saturated rings. The van der Waals surface area contributed by atoms with E-state index in [1.807, 2.05) is 6.92 Å². The second-order valence-electron chi connectivity index (χ2n) is 2.49. The Bertz CT molecular complexity index is 351. The van der Waals surface area contributed by atoms with Crippen molar-refractivity contribution in [2.45, 2.75) is 6.92 Å². The van der Waals surface area contributed by atoms with Crippen LogP contribution < -0.4 is 5.73 Å². The SMILES string of the molecule is Cc1coc(-n2cc(N)cn2)n1. The average molecular weight is 164 g/mol. The van der Waals surface area contributed by atoms with Gasteiger partial charge in [0.25, 0.3) is 0 Å². The van der Waals surface area contributed by atoms with Crippen LogP contribution in [0.25, 0.3) is 6.01 Å². The standard InChI is InChI=1S/C7H8N4O/c1-5-4-12-7(10-5)11-3-6(8)2-9-11/h2-4H,8H2,1H3. The molecule has 0 aromatic carbocycles. The summed E-state index contributed by atoms with van der Waals surface area (Å²) in [7, 11) is 0. The van der Waals surface area contributed by atoms with Crippen molar-refractivity contribution in [1.29, 1.82) is 0 Å². The molecule has 0 amide bonds. The van der Waals surface area contributed by atoms with Gasteiger partial charge in [0.2, 0.25) is 0 Å². The smallest absolute Gasteiger partial charge is 0.322 e. The number of aromatic nitrogens is 3. The van der Waals surface area contributed by atoms with Gasteiger partial charge in [-0.3, -0.25) is 0 Å². The lowest BCUT2D eigenvalue weighted by Gasteiger charge is -1.89. The highest BCUT2D eigenvalue weighted by molar-refractivity contribution is 5.32. The third kappa shape index (κ3) is 1.05. The summed E-state index contributed by atoms with van der Waals surface area (Å²) in [5.74, 6) is 0. The summed E-state index contributed by atoms with van der Waals surface area (Å²) in [6, 6.07) is 0.434. The summed E-state index contributed by atoms with van der Waals surface area (Å²) < 4.78 is 6.59. The Balaban J connectivity index is 2.43. The molecule has 0 saturated heterocycles. The van der Waals surface area contributed by atoms with Crippen molar-refractivity contribution < 1.29 is 4.42 Å². The number of nitrogen functional groups attached to an aromatic ring is 1. The Kier molecular flexibility index (Phi) is 1.36. The van der Waals surface area contributed by atoms with E-state index in [1.54, 1.807) is 18.7 Å². The van der Waals surface area contributed by atoms with Gasteiger partial charge < -0.3 is 10.2 Å².